The van der Waals surface area contributed by atoms with E-state index in [1.165, 1.54) is 0 Å². The third kappa shape index (κ3) is 2.65. The van der Waals surface area contributed by atoms with Crippen LogP contribution in [0.2, 0.25) is 0 Å². The normalized spacial score (nSPS) is 29.4. The molecule has 2 aromatic carbocycles. The van der Waals surface area contributed by atoms with Gasteiger partial charge in [0.2, 0.25) is 0 Å². The number of nitrogens with two attached hydrogens (primary N) is 1. The molecule has 6 heteroatoms. The van der Waals surface area contributed by atoms with Gasteiger partial charge in [0.25, 0.3) is 0 Å². The van der Waals surface area contributed by atoms with Gasteiger partial charge in [-0.1, -0.05) is 36.4 Å². The van der Waals surface area contributed by atoms with Crippen molar-refractivity contribution in [1.82, 2.24) is 0 Å². The highest BCUT2D eigenvalue weighted by Gasteiger charge is 2.48. The summed E-state index contributed by atoms with van der Waals surface area (Å²) < 4.78 is 16.6. The van der Waals surface area contributed by atoms with Crippen molar-refractivity contribution in [3.05, 3.63) is 42.5 Å². The number of rotatable bonds is 2. The minimum Gasteiger partial charge on any atom is -0.441 e. The first-order valence-electron chi connectivity index (χ1n) is 7.66. The molecule has 0 radical (unpaired) electrons. The largest absolute Gasteiger partial charge is 0.441 e. The van der Waals surface area contributed by atoms with E-state index in [2.05, 4.69) is 5.32 Å². The molecule has 2 aromatic rings. The maximum Gasteiger partial charge on any atom is 0.412 e. The Hall–Kier alpha value is -2.15. The second-order valence-electron chi connectivity index (χ2n) is 5.86. The predicted octanol–water partition coefficient (Wildman–Crippen LogP) is 1.88. The first-order valence-corrected chi connectivity index (χ1v) is 7.66. The minimum atomic E-state index is -0.514. The van der Waals surface area contributed by atoms with Crippen LogP contribution >= 0.6 is 0 Å². The molecule has 2 heterocycles. The zero-order valence-electron chi connectivity index (χ0n) is 12.5. The summed E-state index contributed by atoms with van der Waals surface area (Å²) in [4.78, 5) is 12.2. The lowest BCUT2D eigenvalue weighted by molar-refractivity contribution is 0.00900. The van der Waals surface area contributed by atoms with Crippen molar-refractivity contribution >= 4 is 22.6 Å². The molecule has 0 spiro atoms. The van der Waals surface area contributed by atoms with Crippen molar-refractivity contribution in [1.29, 1.82) is 0 Å². The molecule has 1 amide bonds. The van der Waals surface area contributed by atoms with Crippen LogP contribution in [0.25, 0.3) is 10.8 Å². The number of hydrogen-bond acceptors (Lipinski definition) is 5. The van der Waals surface area contributed by atoms with Crippen molar-refractivity contribution < 1.29 is 19.0 Å². The average molecular weight is 314 g/mol. The number of nitrogens with one attached hydrogen (secondary N) is 1. The lowest BCUT2D eigenvalue weighted by Gasteiger charge is -2.17. The van der Waals surface area contributed by atoms with E-state index in [0.29, 0.717) is 18.9 Å². The highest BCUT2D eigenvalue weighted by molar-refractivity contribution is 6.00. The molecule has 120 valence electrons. The van der Waals surface area contributed by atoms with E-state index in [1.54, 1.807) is 0 Å². The highest BCUT2D eigenvalue weighted by atomic mass is 16.6. The molecular formula is C17H18N2O4. The third-order valence-electron chi connectivity index (χ3n) is 4.33. The quantitative estimate of drug-likeness (QED) is 0.884. The summed E-state index contributed by atoms with van der Waals surface area (Å²) in [5.41, 5.74) is 6.61. The average Bonchev–Trinajstić information content (AvgIpc) is 3.12. The molecule has 0 saturated carbocycles. The van der Waals surface area contributed by atoms with E-state index in [0.717, 1.165) is 10.8 Å². The van der Waals surface area contributed by atoms with Crippen LogP contribution in [-0.4, -0.2) is 43.7 Å². The predicted molar refractivity (Wildman–Crippen MR) is 85.3 cm³/mol. The summed E-state index contributed by atoms with van der Waals surface area (Å²) in [5.74, 6) is 0. The molecule has 2 fully saturated rings. The smallest absolute Gasteiger partial charge is 0.412 e. The van der Waals surface area contributed by atoms with Gasteiger partial charge in [0.05, 0.1) is 24.9 Å². The second-order valence-corrected chi connectivity index (χ2v) is 5.86. The van der Waals surface area contributed by atoms with Crippen molar-refractivity contribution in [2.45, 2.75) is 24.4 Å². The third-order valence-corrected chi connectivity index (χ3v) is 4.33. The Kier molecular flexibility index (Phi) is 3.65. The molecule has 0 aromatic heterocycles. The van der Waals surface area contributed by atoms with Crippen LogP contribution in [0.4, 0.5) is 10.5 Å². The van der Waals surface area contributed by atoms with E-state index in [9.17, 15) is 4.79 Å². The van der Waals surface area contributed by atoms with Crippen molar-refractivity contribution in [2.75, 3.05) is 18.5 Å². The topological polar surface area (TPSA) is 82.8 Å². The number of carbonyl (C=O) groups is 1. The molecule has 23 heavy (non-hydrogen) atoms. The molecule has 3 N–H and O–H groups in total. The molecule has 2 saturated heterocycles. The number of ether oxygens (including phenoxy) is 3. The summed E-state index contributed by atoms with van der Waals surface area (Å²) in [7, 11) is 0. The van der Waals surface area contributed by atoms with Gasteiger partial charge in [-0.15, -0.1) is 0 Å². The second kappa shape index (κ2) is 5.81. The number of fused-ring (bicyclic) bond motifs is 2. The Labute approximate surface area is 133 Å². The van der Waals surface area contributed by atoms with Crippen LogP contribution < -0.4 is 11.1 Å². The summed E-state index contributed by atoms with van der Waals surface area (Å²) in [5, 5.41) is 4.82. The lowest BCUT2D eigenvalue weighted by atomic mass is 10.1. The van der Waals surface area contributed by atoms with Crippen molar-refractivity contribution in [3.8, 4) is 0 Å². The van der Waals surface area contributed by atoms with Gasteiger partial charge in [0.15, 0.2) is 6.10 Å². The Morgan fingerprint density at radius 2 is 1.87 bits per heavy atom. The van der Waals surface area contributed by atoms with Crippen LogP contribution in [0.15, 0.2) is 42.5 Å². The molecule has 0 unspecified atom stereocenters. The Balaban J connectivity index is 1.46. The maximum absolute atomic E-state index is 12.2. The number of benzene rings is 2. The van der Waals surface area contributed by atoms with Gasteiger partial charge in [0.1, 0.15) is 12.2 Å². The van der Waals surface area contributed by atoms with Crippen LogP contribution in [0.1, 0.15) is 0 Å². The fraction of sp³-hybridized carbons (Fsp3) is 0.353. The standard InChI is InChI=1S/C17H18N2O4/c18-12-8-21-16-14(9-22-15(12)16)23-17(20)19-13-7-3-5-10-4-1-2-6-11(10)13/h1-7,12,14-16H,8-9,18H2,(H,19,20)/t12-,14+,15+,16+/m0/s1. The van der Waals surface area contributed by atoms with Crippen LogP contribution in [0.3, 0.4) is 0 Å². The number of carbonyl (C=O) groups excluding carboxylic acids is 1. The Bertz CT molecular complexity index is 730. The Morgan fingerprint density at radius 3 is 2.78 bits per heavy atom. The SMILES string of the molecule is N[C@H]1CO[C@H]2[C@@H]1OC[C@H]2OC(=O)Nc1cccc2ccccc12. The fourth-order valence-electron chi connectivity index (χ4n) is 3.21. The van der Waals surface area contributed by atoms with E-state index >= 15 is 0 Å². The van der Waals surface area contributed by atoms with E-state index in [4.69, 9.17) is 19.9 Å². The van der Waals surface area contributed by atoms with Crippen molar-refractivity contribution in [3.63, 3.8) is 0 Å². The van der Waals surface area contributed by atoms with Crippen LogP contribution in [0, 0.1) is 0 Å². The minimum absolute atomic E-state index is 0.158. The molecule has 0 bridgehead atoms. The van der Waals surface area contributed by atoms with Gasteiger partial charge < -0.3 is 19.9 Å². The van der Waals surface area contributed by atoms with Crippen LogP contribution in [-0.2, 0) is 14.2 Å². The van der Waals surface area contributed by atoms with Gasteiger partial charge >= 0.3 is 6.09 Å². The molecule has 2 aliphatic rings. The zero-order chi connectivity index (χ0) is 15.8. The van der Waals surface area contributed by atoms with Gasteiger partial charge in [-0.2, -0.15) is 0 Å². The number of anilines is 1. The highest BCUT2D eigenvalue weighted by Crippen LogP contribution is 2.28. The first-order chi connectivity index (χ1) is 11.2. The maximum atomic E-state index is 12.2. The number of amides is 1. The summed E-state index contributed by atoms with van der Waals surface area (Å²) in [6.45, 7) is 0.742. The van der Waals surface area contributed by atoms with Gasteiger partial charge in [-0.25, -0.2) is 4.79 Å². The van der Waals surface area contributed by atoms with E-state index in [-0.39, 0.29) is 18.2 Å². The summed E-state index contributed by atoms with van der Waals surface area (Å²) in [6.07, 6.45) is -1.41. The fourth-order valence-corrected chi connectivity index (χ4v) is 3.21. The summed E-state index contributed by atoms with van der Waals surface area (Å²) >= 11 is 0. The monoisotopic (exact) mass is 314 g/mol. The zero-order valence-corrected chi connectivity index (χ0v) is 12.5. The number of hydrogen-bond donors (Lipinski definition) is 2. The first kappa shape index (κ1) is 14.4. The van der Waals surface area contributed by atoms with Gasteiger partial charge in [-0.3, -0.25) is 5.32 Å². The molecule has 2 aliphatic heterocycles. The molecule has 6 nitrogen and oxygen atoms in total. The lowest BCUT2D eigenvalue weighted by Crippen LogP contribution is -2.38. The van der Waals surface area contributed by atoms with E-state index < -0.39 is 12.2 Å². The molecular weight excluding hydrogens is 296 g/mol. The molecule has 4 atom stereocenters. The van der Waals surface area contributed by atoms with E-state index in [1.807, 2.05) is 42.5 Å². The van der Waals surface area contributed by atoms with Gasteiger partial charge in [-0.05, 0) is 11.5 Å². The van der Waals surface area contributed by atoms with Gasteiger partial charge in [0, 0.05) is 5.39 Å². The summed E-state index contributed by atoms with van der Waals surface area (Å²) in [6, 6.07) is 13.4. The van der Waals surface area contributed by atoms with Crippen LogP contribution in [0.5, 0.6) is 0 Å². The molecule has 4 rings (SSSR count). The van der Waals surface area contributed by atoms with Crippen molar-refractivity contribution in [2.24, 2.45) is 5.73 Å². The molecule has 0 aliphatic carbocycles. The Morgan fingerprint density at radius 1 is 1.09 bits per heavy atom.